The number of thiophene rings is 1. The molecule has 2 heterocycles. The van der Waals surface area contributed by atoms with Crippen LogP contribution < -0.4 is 4.72 Å². The third-order valence-electron chi connectivity index (χ3n) is 4.70. The second-order valence-corrected chi connectivity index (χ2v) is 9.12. The molecule has 1 aliphatic rings. The fourth-order valence-corrected chi connectivity index (χ4v) is 4.79. The highest BCUT2D eigenvalue weighted by molar-refractivity contribution is 7.89. The molecule has 3 rings (SSSR count). The van der Waals surface area contributed by atoms with Crippen molar-refractivity contribution in [2.45, 2.75) is 17.9 Å². The number of rotatable bonds is 6. The number of nitrogens with zero attached hydrogens (tertiary/aromatic N) is 2. The second kappa shape index (κ2) is 7.97. The van der Waals surface area contributed by atoms with E-state index in [1.807, 2.05) is 24.4 Å². The monoisotopic (exact) mass is 379 g/mol. The van der Waals surface area contributed by atoms with E-state index in [0.717, 1.165) is 31.7 Å². The van der Waals surface area contributed by atoms with Crippen LogP contribution in [0.5, 0.6) is 0 Å². The highest BCUT2D eigenvalue weighted by Crippen LogP contribution is 2.24. The number of likely N-dealkylation sites (N-methyl/N-ethyl adjacent to an activating group) is 1. The maximum Gasteiger partial charge on any atom is 0.240 e. The minimum absolute atomic E-state index is 0.0696. The number of benzene rings is 1. The molecule has 0 aliphatic carbocycles. The highest BCUT2D eigenvalue weighted by atomic mass is 32.2. The van der Waals surface area contributed by atoms with Crippen molar-refractivity contribution in [1.29, 1.82) is 0 Å². The standard InChI is InChI=1S/C18H25N3O2S2/c1-15-3-5-17(6-4-15)25(22,23)19-13-18(16-7-12-24-14-16)21-10-8-20(2)9-11-21/h3-7,12,14,18-19H,8-11,13H2,1-2H3. The van der Waals surface area contributed by atoms with E-state index >= 15 is 0 Å². The van der Waals surface area contributed by atoms with Gasteiger partial charge >= 0.3 is 0 Å². The zero-order chi connectivity index (χ0) is 17.9. The quantitative estimate of drug-likeness (QED) is 0.837. The molecule has 0 saturated carbocycles. The van der Waals surface area contributed by atoms with Gasteiger partial charge in [0.25, 0.3) is 0 Å². The summed E-state index contributed by atoms with van der Waals surface area (Å²) in [5.41, 5.74) is 2.23. The minimum atomic E-state index is -3.50. The lowest BCUT2D eigenvalue weighted by Crippen LogP contribution is -2.48. The molecule has 0 radical (unpaired) electrons. The topological polar surface area (TPSA) is 52.7 Å². The summed E-state index contributed by atoms with van der Waals surface area (Å²) in [4.78, 5) is 5.00. The van der Waals surface area contributed by atoms with E-state index in [0.29, 0.717) is 11.4 Å². The summed E-state index contributed by atoms with van der Waals surface area (Å²) in [5, 5.41) is 4.16. The summed E-state index contributed by atoms with van der Waals surface area (Å²) in [5.74, 6) is 0. The van der Waals surface area contributed by atoms with Crippen molar-refractivity contribution in [2.75, 3.05) is 39.8 Å². The molecule has 0 bridgehead atoms. The molecule has 0 amide bonds. The first-order valence-corrected chi connectivity index (χ1v) is 10.9. The molecule has 1 N–H and O–H groups in total. The first kappa shape index (κ1) is 18.5. The largest absolute Gasteiger partial charge is 0.304 e. The van der Waals surface area contributed by atoms with E-state index in [1.165, 1.54) is 5.56 Å². The van der Waals surface area contributed by atoms with Gasteiger partial charge in [-0.1, -0.05) is 17.7 Å². The molecule has 1 aromatic heterocycles. The average Bonchev–Trinajstić information content (AvgIpc) is 3.11. The van der Waals surface area contributed by atoms with E-state index < -0.39 is 10.0 Å². The second-order valence-electron chi connectivity index (χ2n) is 6.58. The van der Waals surface area contributed by atoms with Gasteiger partial charge in [0.2, 0.25) is 10.0 Å². The van der Waals surface area contributed by atoms with Gasteiger partial charge in [-0.05, 0) is 48.5 Å². The van der Waals surface area contributed by atoms with Crippen molar-refractivity contribution >= 4 is 21.4 Å². The minimum Gasteiger partial charge on any atom is -0.304 e. The lowest BCUT2D eigenvalue weighted by atomic mass is 10.1. The Morgan fingerprint density at radius 3 is 2.40 bits per heavy atom. The fourth-order valence-electron chi connectivity index (χ4n) is 3.05. The highest BCUT2D eigenvalue weighted by Gasteiger charge is 2.26. The van der Waals surface area contributed by atoms with Gasteiger partial charge in [-0.2, -0.15) is 11.3 Å². The normalized spacial score (nSPS) is 18.3. The summed E-state index contributed by atoms with van der Waals surface area (Å²) in [7, 11) is -1.37. The van der Waals surface area contributed by atoms with Gasteiger partial charge in [0, 0.05) is 38.8 Å². The third-order valence-corrected chi connectivity index (χ3v) is 6.85. The van der Waals surface area contributed by atoms with Gasteiger partial charge < -0.3 is 4.90 Å². The number of piperazine rings is 1. The van der Waals surface area contributed by atoms with Gasteiger partial charge in [0.1, 0.15) is 0 Å². The van der Waals surface area contributed by atoms with Crippen LogP contribution in [0.1, 0.15) is 17.2 Å². The number of hydrogen-bond acceptors (Lipinski definition) is 5. The van der Waals surface area contributed by atoms with E-state index in [2.05, 4.69) is 33.0 Å². The Labute approximate surface area is 154 Å². The van der Waals surface area contributed by atoms with Crippen LogP contribution in [-0.4, -0.2) is 58.0 Å². The Kier molecular flexibility index (Phi) is 5.91. The molecular formula is C18H25N3O2S2. The third kappa shape index (κ3) is 4.68. The van der Waals surface area contributed by atoms with E-state index in [1.54, 1.807) is 23.5 Å². The Hall–Kier alpha value is -1.25. The summed E-state index contributed by atoms with van der Waals surface area (Å²) in [6, 6.07) is 9.13. The van der Waals surface area contributed by atoms with E-state index in [-0.39, 0.29) is 6.04 Å². The first-order valence-electron chi connectivity index (χ1n) is 8.47. The molecule has 1 fully saturated rings. The molecule has 0 spiro atoms. The Bertz CT molecular complexity index is 765. The van der Waals surface area contributed by atoms with E-state index in [9.17, 15) is 8.42 Å². The maximum absolute atomic E-state index is 12.6. The smallest absolute Gasteiger partial charge is 0.240 e. The SMILES string of the molecule is Cc1ccc(S(=O)(=O)NCC(c2ccsc2)N2CCN(C)CC2)cc1. The molecule has 25 heavy (non-hydrogen) atoms. The zero-order valence-electron chi connectivity index (χ0n) is 14.7. The Morgan fingerprint density at radius 1 is 1.12 bits per heavy atom. The van der Waals surface area contributed by atoms with Gasteiger partial charge in [-0.3, -0.25) is 4.90 Å². The van der Waals surface area contributed by atoms with Crippen molar-refractivity contribution in [3.63, 3.8) is 0 Å². The number of nitrogens with one attached hydrogen (secondary N) is 1. The summed E-state index contributed by atoms with van der Waals surface area (Å²) >= 11 is 1.65. The fraction of sp³-hybridized carbons (Fsp3) is 0.444. The molecule has 1 aliphatic heterocycles. The predicted octanol–water partition coefficient (Wildman–Crippen LogP) is 2.32. The van der Waals surface area contributed by atoms with Crippen molar-refractivity contribution in [2.24, 2.45) is 0 Å². The van der Waals surface area contributed by atoms with Crippen molar-refractivity contribution < 1.29 is 8.42 Å². The zero-order valence-corrected chi connectivity index (χ0v) is 16.3. The molecule has 7 heteroatoms. The molecule has 136 valence electrons. The van der Waals surface area contributed by atoms with Crippen LogP contribution in [0.4, 0.5) is 0 Å². The van der Waals surface area contributed by atoms with Crippen LogP contribution in [0.15, 0.2) is 46.0 Å². The van der Waals surface area contributed by atoms with Gasteiger partial charge in [-0.15, -0.1) is 0 Å². The molecule has 1 atom stereocenters. The summed E-state index contributed by atoms with van der Waals surface area (Å²) in [6.07, 6.45) is 0. The number of hydrogen-bond donors (Lipinski definition) is 1. The molecule has 1 unspecified atom stereocenters. The summed E-state index contributed by atoms with van der Waals surface area (Å²) < 4.78 is 28.0. The number of aryl methyl sites for hydroxylation is 1. The lowest BCUT2D eigenvalue weighted by molar-refractivity contribution is 0.113. The van der Waals surface area contributed by atoms with Crippen LogP contribution in [0.3, 0.4) is 0 Å². The van der Waals surface area contributed by atoms with Crippen LogP contribution in [0, 0.1) is 6.92 Å². The van der Waals surface area contributed by atoms with Gasteiger partial charge in [0.05, 0.1) is 4.90 Å². The lowest BCUT2D eigenvalue weighted by Gasteiger charge is -2.37. The van der Waals surface area contributed by atoms with Gasteiger partial charge in [0.15, 0.2) is 0 Å². The Balaban J connectivity index is 1.73. The molecular weight excluding hydrogens is 354 g/mol. The molecule has 1 saturated heterocycles. The van der Waals surface area contributed by atoms with Crippen molar-refractivity contribution in [1.82, 2.24) is 14.5 Å². The van der Waals surface area contributed by atoms with Crippen LogP contribution >= 0.6 is 11.3 Å². The maximum atomic E-state index is 12.6. The Morgan fingerprint density at radius 2 is 1.80 bits per heavy atom. The molecule has 1 aromatic carbocycles. The number of sulfonamides is 1. The van der Waals surface area contributed by atoms with E-state index in [4.69, 9.17) is 0 Å². The van der Waals surface area contributed by atoms with Crippen LogP contribution in [0.25, 0.3) is 0 Å². The predicted molar refractivity (Wildman–Crippen MR) is 102 cm³/mol. The first-order chi connectivity index (χ1) is 12.0. The van der Waals surface area contributed by atoms with Crippen LogP contribution in [-0.2, 0) is 10.0 Å². The summed E-state index contributed by atoms with van der Waals surface area (Å²) in [6.45, 7) is 6.24. The van der Waals surface area contributed by atoms with Gasteiger partial charge in [-0.25, -0.2) is 13.1 Å². The molecule has 5 nitrogen and oxygen atoms in total. The molecule has 2 aromatic rings. The van der Waals surface area contributed by atoms with Crippen LogP contribution in [0.2, 0.25) is 0 Å². The van der Waals surface area contributed by atoms with Crippen molar-refractivity contribution in [3.8, 4) is 0 Å². The van der Waals surface area contributed by atoms with Crippen molar-refractivity contribution in [3.05, 3.63) is 52.2 Å². The average molecular weight is 380 g/mol.